The molecule has 4 heteroatoms. The van der Waals surface area contributed by atoms with Crippen molar-refractivity contribution < 1.29 is 0 Å². The van der Waals surface area contributed by atoms with E-state index in [-0.39, 0.29) is 24.8 Å². The van der Waals surface area contributed by atoms with Crippen molar-refractivity contribution in [2.24, 2.45) is 0 Å². The minimum atomic E-state index is 0. The van der Waals surface area contributed by atoms with Gasteiger partial charge in [-0.1, -0.05) is 17.7 Å². The summed E-state index contributed by atoms with van der Waals surface area (Å²) in [6, 6.07) is 4.05. The first kappa shape index (κ1) is 13.4. The Hall–Kier alpha value is -0.570. The van der Waals surface area contributed by atoms with Crippen LogP contribution in [0.5, 0.6) is 0 Å². The molecule has 2 rings (SSSR count). The van der Waals surface area contributed by atoms with Gasteiger partial charge in [-0.05, 0) is 24.6 Å². The molecule has 0 aromatic carbocycles. The maximum Gasteiger partial charge on any atom is 0.0340 e. The molecule has 0 saturated carbocycles. The predicted octanol–water partition coefficient (Wildman–Crippen LogP) is 2.30. The summed E-state index contributed by atoms with van der Waals surface area (Å²) in [5, 5.41) is 3.30. The van der Waals surface area contributed by atoms with Gasteiger partial charge in [0.1, 0.15) is 0 Å². The molecule has 0 aliphatic carbocycles. The first-order chi connectivity index (χ1) is 5.95. The fourth-order valence-electron chi connectivity index (χ4n) is 1.41. The molecule has 0 atom stereocenters. The highest BCUT2D eigenvalue weighted by atomic mass is 35.5. The minimum absolute atomic E-state index is 0. The molecule has 14 heavy (non-hydrogen) atoms. The van der Waals surface area contributed by atoms with Crippen LogP contribution in [-0.2, 0) is 0 Å². The Morgan fingerprint density at radius 2 is 2.21 bits per heavy atom. The molecule has 78 valence electrons. The third-order valence-electron chi connectivity index (χ3n) is 2.03. The minimum Gasteiger partial charge on any atom is -0.313 e. The molecule has 0 bridgehead atoms. The lowest BCUT2D eigenvalue weighted by Gasteiger charge is -1.94. The van der Waals surface area contributed by atoms with Crippen LogP contribution in [0, 0.1) is 0 Å². The normalized spacial score (nSPS) is 17.3. The van der Waals surface area contributed by atoms with E-state index in [1.165, 1.54) is 17.6 Å². The van der Waals surface area contributed by atoms with Crippen LogP contribution in [0.1, 0.15) is 12.0 Å². The second kappa shape index (κ2) is 6.82. The van der Waals surface area contributed by atoms with Gasteiger partial charge in [0.15, 0.2) is 0 Å². The van der Waals surface area contributed by atoms with Crippen LogP contribution >= 0.6 is 24.8 Å². The quantitative estimate of drug-likeness (QED) is 0.805. The van der Waals surface area contributed by atoms with Gasteiger partial charge in [-0.15, -0.1) is 24.8 Å². The zero-order chi connectivity index (χ0) is 8.23. The number of aromatic nitrogens is 1. The molecule has 1 aromatic heterocycles. The predicted molar refractivity (Wildman–Crippen MR) is 64.2 cm³/mol. The van der Waals surface area contributed by atoms with Gasteiger partial charge in [-0.2, -0.15) is 0 Å². The molecular weight excluding hydrogens is 219 g/mol. The van der Waals surface area contributed by atoms with E-state index in [2.05, 4.69) is 22.4 Å². The highest BCUT2D eigenvalue weighted by Gasteiger charge is 2.04. The smallest absolute Gasteiger partial charge is 0.0340 e. The highest BCUT2D eigenvalue weighted by Crippen LogP contribution is 2.10. The lowest BCUT2D eigenvalue weighted by Crippen LogP contribution is -2.04. The van der Waals surface area contributed by atoms with Crippen LogP contribution in [0.15, 0.2) is 30.1 Å². The molecule has 1 aliphatic heterocycles. The Kier molecular flexibility index (Phi) is 6.54. The molecule has 0 amide bonds. The van der Waals surface area contributed by atoms with E-state index in [1.54, 1.807) is 6.20 Å². The molecule has 0 unspecified atom stereocenters. The van der Waals surface area contributed by atoms with E-state index >= 15 is 0 Å². The highest BCUT2D eigenvalue weighted by molar-refractivity contribution is 5.85. The monoisotopic (exact) mass is 232 g/mol. The number of pyridine rings is 1. The summed E-state index contributed by atoms with van der Waals surface area (Å²) >= 11 is 0. The zero-order valence-corrected chi connectivity index (χ0v) is 9.40. The van der Waals surface area contributed by atoms with Crippen molar-refractivity contribution in [2.75, 3.05) is 13.1 Å². The molecule has 1 N–H and O–H groups in total. The Bertz CT molecular complexity index is 277. The molecule has 0 spiro atoms. The molecule has 2 heterocycles. The lowest BCUT2D eigenvalue weighted by atomic mass is 10.1. The molecule has 1 fully saturated rings. The van der Waals surface area contributed by atoms with Gasteiger partial charge in [0.05, 0.1) is 0 Å². The van der Waals surface area contributed by atoms with Gasteiger partial charge in [0.2, 0.25) is 0 Å². The van der Waals surface area contributed by atoms with Gasteiger partial charge in [-0.3, -0.25) is 4.98 Å². The third-order valence-corrected chi connectivity index (χ3v) is 2.03. The van der Waals surface area contributed by atoms with E-state index in [0.29, 0.717) is 0 Å². The average molecular weight is 233 g/mol. The van der Waals surface area contributed by atoms with Crippen LogP contribution in [0.25, 0.3) is 6.08 Å². The number of hydrogen-bond donors (Lipinski definition) is 1. The molecule has 0 radical (unpaired) electrons. The summed E-state index contributed by atoms with van der Waals surface area (Å²) in [5.41, 5.74) is 2.68. The summed E-state index contributed by atoms with van der Waals surface area (Å²) in [4.78, 5) is 4.06. The molecule has 2 nitrogen and oxygen atoms in total. The number of nitrogens with one attached hydrogen (secondary N) is 1. The second-order valence-corrected chi connectivity index (χ2v) is 3.02. The molecule has 1 saturated heterocycles. The first-order valence-corrected chi connectivity index (χ1v) is 4.25. The van der Waals surface area contributed by atoms with E-state index in [0.717, 1.165) is 13.1 Å². The molecule has 1 aliphatic rings. The van der Waals surface area contributed by atoms with Crippen molar-refractivity contribution in [3.63, 3.8) is 0 Å². The Balaban J connectivity index is 0.000000845. The molecular formula is C10H14Cl2N2. The van der Waals surface area contributed by atoms with Gasteiger partial charge >= 0.3 is 0 Å². The van der Waals surface area contributed by atoms with Crippen LogP contribution in [-0.4, -0.2) is 18.1 Å². The lowest BCUT2D eigenvalue weighted by molar-refractivity contribution is 0.862. The maximum absolute atomic E-state index is 4.06. The Morgan fingerprint density at radius 1 is 1.36 bits per heavy atom. The zero-order valence-electron chi connectivity index (χ0n) is 7.77. The van der Waals surface area contributed by atoms with Crippen LogP contribution in [0.3, 0.4) is 0 Å². The van der Waals surface area contributed by atoms with Crippen molar-refractivity contribution in [3.8, 4) is 0 Å². The van der Waals surface area contributed by atoms with Crippen molar-refractivity contribution in [2.45, 2.75) is 6.42 Å². The van der Waals surface area contributed by atoms with Gasteiger partial charge < -0.3 is 5.32 Å². The number of hydrogen-bond acceptors (Lipinski definition) is 2. The van der Waals surface area contributed by atoms with E-state index < -0.39 is 0 Å². The van der Waals surface area contributed by atoms with Crippen molar-refractivity contribution in [1.29, 1.82) is 0 Å². The topological polar surface area (TPSA) is 24.9 Å². The largest absolute Gasteiger partial charge is 0.313 e. The summed E-state index contributed by atoms with van der Waals surface area (Å²) in [5.74, 6) is 0. The van der Waals surface area contributed by atoms with E-state index in [4.69, 9.17) is 0 Å². The Labute approximate surface area is 96.6 Å². The average Bonchev–Trinajstić information content (AvgIpc) is 2.59. The third kappa shape index (κ3) is 3.66. The summed E-state index contributed by atoms with van der Waals surface area (Å²) in [6.07, 6.45) is 7.09. The molecule has 1 aromatic rings. The fraction of sp³-hybridized carbons (Fsp3) is 0.300. The summed E-state index contributed by atoms with van der Waals surface area (Å²) in [6.45, 7) is 2.15. The van der Waals surface area contributed by atoms with Crippen LogP contribution < -0.4 is 5.32 Å². The van der Waals surface area contributed by atoms with Crippen LogP contribution in [0.2, 0.25) is 0 Å². The standard InChI is InChI=1S/C10H12N2.2ClH/c1-2-9(7-11-4-1)6-10-3-5-12-8-10;;/h1-2,4,6-7,12H,3,5,8H2;2*1H/b10-6-;;. The van der Waals surface area contributed by atoms with Crippen LogP contribution in [0.4, 0.5) is 0 Å². The van der Waals surface area contributed by atoms with Crippen molar-refractivity contribution >= 4 is 30.9 Å². The van der Waals surface area contributed by atoms with Gasteiger partial charge in [-0.25, -0.2) is 0 Å². The fourth-order valence-corrected chi connectivity index (χ4v) is 1.41. The first-order valence-electron chi connectivity index (χ1n) is 4.25. The van der Waals surface area contributed by atoms with Gasteiger partial charge in [0.25, 0.3) is 0 Å². The van der Waals surface area contributed by atoms with E-state index in [1.807, 2.05) is 12.3 Å². The van der Waals surface area contributed by atoms with E-state index in [9.17, 15) is 0 Å². The summed E-state index contributed by atoms with van der Waals surface area (Å²) in [7, 11) is 0. The maximum atomic E-state index is 4.06. The van der Waals surface area contributed by atoms with Crippen molar-refractivity contribution in [3.05, 3.63) is 35.7 Å². The SMILES string of the molecule is C(=C1\CCNC1)/c1cccnc1.Cl.Cl. The Morgan fingerprint density at radius 3 is 2.79 bits per heavy atom. The van der Waals surface area contributed by atoms with Gasteiger partial charge in [0, 0.05) is 18.9 Å². The second-order valence-electron chi connectivity index (χ2n) is 3.02. The number of halogens is 2. The number of rotatable bonds is 1. The number of nitrogens with zero attached hydrogens (tertiary/aromatic N) is 1. The van der Waals surface area contributed by atoms with Crippen molar-refractivity contribution in [1.82, 2.24) is 10.3 Å². The summed E-state index contributed by atoms with van der Waals surface area (Å²) < 4.78 is 0.